The van der Waals surface area contributed by atoms with Crippen LogP contribution < -0.4 is 10.6 Å². The summed E-state index contributed by atoms with van der Waals surface area (Å²) in [6.45, 7) is 5.45. The Bertz CT molecular complexity index is 663. The quantitative estimate of drug-likeness (QED) is 0.871. The summed E-state index contributed by atoms with van der Waals surface area (Å²) in [5, 5.41) is 10.4. The van der Waals surface area contributed by atoms with Gasteiger partial charge in [-0.1, -0.05) is 6.42 Å². The van der Waals surface area contributed by atoms with E-state index in [2.05, 4.69) is 21.7 Å². The Kier molecular flexibility index (Phi) is 4.98. The molecule has 0 radical (unpaired) electrons. The van der Waals surface area contributed by atoms with Crippen LogP contribution in [0.3, 0.4) is 0 Å². The molecule has 24 heavy (non-hydrogen) atoms. The van der Waals surface area contributed by atoms with Gasteiger partial charge < -0.3 is 19.8 Å². The second-order valence-corrected chi connectivity index (χ2v) is 7.80. The lowest BCUT2D eigenvalue weighted by Gasteiger charge is -2.32. The van der Waals surface area contributed by atoms with E-state index >= 15 is 0 Å². The smallest absolute Gasteiger partial charge is 0.153 e. The Hall–Kier alpha value is -1.21. The molecule has 2 fully saturated rings. The first kappa shape index (κ1) is 16.3. The lowest BCUT2D eigenvalue weighted by atomic mass is 9.94. The predicted molar refractivity (Wildman–Crippen MR) is 95.1 cm³/mol. The normalized spacial score (nSPS) is 27.6. The number of nitrogens with zero attached hydrogens (tertiary/aromatic N) is 1. The summed E-state index contributed by atoms with van der Waals surface area (Å²) < 4.78 is 11.6. The molecule has 0 bridgehead atoms. The van der Waals surface area contributed by atoms with Crippen LogP contribution in [0.15, 0.2) is 21.9 Å². The Morgan fingerprint density at radius 2 is 2.33 bits per heavy atom. The molecule has 3 unspecified atom stereocenters. The largest absolute Gasteiger partial charge is 0.458 e. The van der Waals surface area contributed by atoms with E-state index in [0.717, 1.165) is 48.5 Å². The van der Waals surface area contributed by atoms with Crippen molar-refractivity contribution in [2.24, 2.45) is 5.92 Å². The van der Waals surface area contributed by atoms with Gasteiger partial charge in [0.2, 0.25) is 0 Å². The molecular weight excluding hydrogens is 322 g/mol. The first-order chi connectivity index (χ1) is 11.8. The van der Waals surface area contributed by atoms with Crippen molar-refractivity contribution in [3.8, 4) is 11.5 Å². The molecule has 3 atom stereocenters. The third-order valence-corrected chi connectivity index (χ3v) is 5.88. The van der Waals surface area contributed by atoms with Crippen LogP contribution in [0.5, 0.6) is 0 Å². The van der Waals surface area contributed by atoms with Crippen molar-refractivity contribution in [2.45, 2.75) is 44.8 Å². The van der Waals surface area contributed by atoms with Crippen molar-refractivity contribution >= 4 is 11.3 Å². The monoisotopic (exact) mass is 347 g/mol. The summed E-state index contributed by atoms with van der Waals surface area (Å²) in [7, 11) is 0. The van der Waals surface area contributed by atoms with Crippen LogP contribution in [0.4, 0.5) is 0 Å². The number of hydrogen-bond acceptors (Lipinski definition) is 6. The molecule has 130 valence electrons. The van der Waals surface area contributed by atoms with Gasteiger partial charge in [-0.05, 0) is 37.8 Å². The van der Waals surface area contributed by atoms with Crippen LogP contribution in [0.2, 0.25) is 0 Å². The van der Waals surface area contributed by atoms with E-state index in [4.69, 9.17) is 9.15 Å². The van der Waals surface area contributed by atoms with Gasteiger partial charge in [-0.3, -0.25) is 0 Å². The lowest BCUT2D eigenvalue weighted by molar-refractivity contribution is 0.0523. The standard InChI is InChI=1S/C18H25N3O2S/c1-12-21-17(11-24-12)18-6-5-13(23-18)9-20-15-4-2-3-14(15)16-10-22-8-7-19-16/h5-6,11,14-16,19-20H,2-4,7-10H2,1H3. The molecule has 5 nitrogen and oxygen atoms in total. The highest BCUT2D eigenvalue weighted by atomic mass is 32.1. The molecule has 0 spiro atoms. The number of thiazole rings is 1. The van der Waals surface area contributed by atoms with E-state index in [1.807, 2.05) is 18.4 Å². The Balaban J connectivity index is 1.35. The van der Waals surface area contributed by atoms with E-state index < -0.39 is 0 Å². The third-order valence-electron chi connectivity index (χ3n) is 5.11. The third kappa shape index (κ3) is 3.57. The zero-order chi connectivity index (χ0) is 16.4. The fraction of sp³-hybridized carbons (Fsp3) is 0.611. The summed E-state index contributed by atoms with van der Waals surface area (Å²) >= 11 is 1.65. The summed E-state index contributed by atoms with van der Waals surface area (Å²) in [5.41, 5.74) is 0.936. The van der Waals surface area contributed by atoms with Crippen LogP contribution in [0.25, 0.3) is 11.5 Å². The van der Waals surface area contributed by atoms with Gasteiger partial charge in [0.15, 0.2) is 5.76 Å². The van der Waals surface area contributed by atoms with Gasteiger partial charge in [0.05, 0.1) is 24.8 Å². The van der Waals surface area contributed by atoms with E-state index in [1.165, 1.54) is 19.3 Å². The molecule has 0 aromatic carbocycles. The maximum Gasteiger partial charge on any atom is 0.153 e. The number of nitrogens with one attached hydrogen (secondary N) is 2. The van der Waals surface area contributed by atoms with Crippen molar-refractivity contribution in [1.82, 2.24) is 15.6 Å². The summed E-state index contributed by atoms with van der Waals surface area (Å²) in [4.78, 5) is 4.49. The maximum absolute atomic E-state index is 5.96. The van der Waals surface area contributed by atoms with Gasteiger partial charge in [0, 0.05) is 24.0 Å². The van der Waals surface area contributed by atoms with Crippen molar-refractivity contribution in [2.75, 3.05) is 19.8 Å². The Morgan fingerprint density at radius 1 is 1.38 bits per heavy atom. The van der Waals surface area contributed by atoms with Crippen LogP contribution in [-0.4, -0.2) is 36.8 Å². The number of ether oxygens (including phenoxy) is 1. The minimum Gasteiger partial charge on any atom is -0.458 e. The molecule has 2 N–H and O–H groups in total. The average molecular weight is 347 g/mol. The van der Waals surface area contributed by atoms with Gasteiger partial charge in [0.25, 0.3) is 0 Å². The fourth-order valence-corrected chi connectivity index (χ4v) is 4.51. The molecule has 2 aromatic rings. The zero-order valence-corrected chi connectivity index (χ0v) is 14.9. The Labute approximate surface area is 146 Å². The second-order valence-electron chi connectivity index (χ2n) is 6.74. The van der Waals surface area contributed by atoms with Crippen molar-refractivity contribution in [1.29, 1.82) is 0 Å². The number of aromatic nitrogens is 1. The van der Waals surface area contributed by atoms with Gasteiger partial charge in [-0.25, -0.2) is 4.98 Å². The van der Waals surface area contributed by atoms with Crippen molar-refractivity contribution in [3.63, 3.8) is 0 Å². The SMILES string of the molecule is Cc1nc(-c2ccc(CNC3CCCC3C3COCCN3)o2)cs1. The molecule has 6 heteroatoms. The summed E-state index contributed by atoms with van der Waals surface area (Å²) in [6.07, 6.45) is 3.81. The minimum absolute atomic E-state index is 0.490. The second kappa shape index (κ2) is 7.35. The molecule has 2 aliphatic rings. The highest BCUT2D eigenvalue weighted by Gasteiger charge is 2.34. The van der Waals surface area contributed by atoms with E-state index in [9.17, 15) is 0 Å². The number of furan rings is 1. The molecule has 1 saturated carbocycles. The zero-order valence-electron chi connectivity index (χ0n) is 14.1. The molecule has 4 rings (SSSR count). The first-order valence-electron chi connectivity index (χ1n) is 8.85. The molecule has 2 aromatic heterocycles. The van der Waals surface area contributed by atoms with Gasteiger partial charge in [0.1, 0.15) is 11.5 Å². The van der Waals surface area contributed by atoms with E-state index in [1.54, 1.807) is 11.3 Å². The van der Waals surface area contributed by atoms with E-state index in [0.29, 0.717) is 18.0 Å². The van der Waals surface area contributed by atoms with Crippen molar-refractivity contribution < 1.29 is 9.15 Å². The lowest BCUT2D eigenvalue weighted by Crippen LogP contribution is -2.50. The van der Waals surface area contributed by atoms with Crippen LogP contribution in [0.1, 0.15) is 30.0 Å². The summed E-state index contributed by atoms with van der Waals surface area (Å²) in [6, 6.07) is 5.11. The molecular formula is C18H25N3O2S. The molecule has 1 saturated heterocycles. The molecule has 3 heterocycles. The molecule has 1 aliphatic heterocycles. The van der Waals surface area contributed by atoms with Crippen LogP contribution in [-0.2, 0) is 11.3 Å². The molecule has 0 amide bonds. The number of rotatable bonds is 5. The number of hydrogen-bond donors (Lipinski definition) is 2. The van der Waals surface area contributed by atoms with Crippen molar-refractivity contribution in [3.05, 3.63) is 28.3 Å². The predicted octanol–water partition coefficient (Wildman–Crippen LogP) is 2.96. The van der Waals surface area contributed by atoms with Crippen LogP contribution >= 0.6 is 11.3 Å². The van der Waals surface area contributed by atoms with Gasteiger partial charge >= 0.3 is 0 Å². The van der Waals surface area contributed by atoms with Gasteiger partial charge in [-0.2, -0.15) is 0 Å². The minimum atomic E-state index is 0.490. The average Bonchev–Trinajstić information content (AvgIpc) is 3.34. The van der Waals surface area contributed by atoms with E-state index in [-0.39, 0.29) is 0 Å². The van der Waals surface area contributed by atoms with Gasteiger partial charge in [-0.15, -0.1) is 11.3 Å². The highest BCUT2D eigenvalue weighted by Crippen LogP contribution is 2.30. The maximum atomic E-state index is 5.96. The molecule has 1 aliphatic carbocycles. The fourth-order valence-electron chi connectivity index (χ4n) is 3.90. The summed E-state index contributed by atoms with van der Waals surface area (Å²) in [5.74, 6) is 2.50. The first-order valence-corrected chi connectivity index (χ1v) is 9.73. The Morgan fingerprint density at radius 3 is 3.12 bits per heavy atom. The number of aryl methyl sites for hydroxylation is 1. The van der Waals surface area contributed by atoms with Crippen LogP contribution in [0, 0.1) is 12.8 Å². The number of morpholine rings is 1. The topological polar surface area (TPSA) is 59.3 Å². The highest BCUT2D eigenvalue weighted by molar-refractivity contribution is 7.09.